The number of anilines is 1. The fourth-order valence-corrected chi connectivity index (χ4v) is 2.21. The highest BCUT2D eigenvalue weighted by atomic mass is 19.4. The summed E-state index contributed by atoms with van der Waals surface area (Å²) in [5, 5.41) is 6.04. The van der Waals surface area contributed by atoms with Gasteiger partial charge in [0.1, 0.15) is 6.54 Å². The monoisotopic (exact) mass is 306 g/mol. The zero-order valence-electron chi connectivity index (χ0n) is 11.3. The first-order valence-electron chi connectivity index (χ1n) is 6.58. The maximum absolute atomic E-state index is 12.2. The first kappa shape index (κ1) is 15.8. The smallest absolute Gasteiger partial charge is 0.381 e. The number of amides is 1. The van der Waals surface area contributed by atoms with Gasteiger partial charge in [0.05, 0.1) is 17.9 Å². The second-order valence-corrected chi connectivity index (χ2v) is 5.01. The molecule has 1 fully saturated rings. The van der Waals surface area contributed by atoms with Crippen LogP contribution in [0.5, 0.6) is 0 Å². The number of hydrogen-bond donors (Lipinski definition) is 2. The van der Waals surface area contributed by atoms with Crippen molar-refractivity contribution < 1.29 is 22.7 Å². The van der Waals surface area contributed by atoms with Crippen molar-refractivity contribution in [3.05, 3.63) is 12.4 Å². The standard InChI is InChI=1S/C12H17F3N4O2/c13-12(14,15)7-19-6-9(5-17-19)18-11(20)10(16)8-1-3-21-4-2-8/h5-6,8,10H,1-4,7,16H2,(H,18,20). The Labute approximate surface area is 119 Å². The normalized spacial score (nSPS) is 18.5. The van der Waals surface area contributed by atoms with Gasteiger partial charge in [0.2, 0.25) is 5.91 Å². The molecule has 0 aliphatic carbocycles. The van der Waals surface area contributed by atoms with Crippen LogP contribution in [0, 0.1) is 5.92 Å². The Hall–Kier alpha value is -1.61. The number of aromatic nitrogens is 2. The van der Waals surface area contributed by atoms with Gasteiger partial charge in [0, 0.05) is 19.4 Å². The number of alkyl halides is 3. The van der Waals surface area contributed by atoms with Gasteiger partial charge < -0.3 is 15.8 Å². The third-order valence-electron chi connectivity index (χ3n) is 3.32. The van der Waals surface area contributed by atoms with E-state index in [1.54, 1.807) is 0 Å². The molecule has 1 atom stereocenters. The Kier molecular flexibility index (Phi) is 4.84. The van der Waals surface area contributed by atoms with E-state index in [1.807, 2.05) is 0 Å². The van der Waals surface area contributed by atoms with Crippen LogP contribution in [-0.4, -0.2) is 41.1 Å². The Morgan fingerprint density at radius 1 is 1.52 bits per heavy atom. The first-order chi connectivity index (χ1) is 9.85. The van der Waals surface area contributed by atoms with Gasteiger partial charge in [0.15, 0.2) is 0 Å². The molecular formula is C12H17F3N4O2. The van der Waals surface area contributed by atoms with E-state index in [-0.39, 0.29) is 11.6 Å². The number of nitrogens with one attached hydrogen (secondary N) is 1. The molecule has 9 heteroatoms. The molecule has 21 heavy (non-hydrogen) atoms. The summed E-state index contributed by atoms with van der Waals surface area (Å²) in [6.07, 6.45) is -0.669. The summed E-state index contributed by atoms with van der Waals surface area (Å²) in [6.45, 7) is -0.0702. The second-order valence-electron chi connectivity index (χ2n) is 5.01. The molecule has 0 bridgehead atoms. The van der Waals surface area contributed by atoms with Gasteiger partial charge in [-0.1, -0.05) is 0 Å². The van der Waals surface area contributed by atoms with Gasteiger partial charge in [-0.3, -0.25) is 9.48 Å². The molecule has 1 amide bonds. The molecule has 1 aliphatic heterocycles. The summed E-state index contributed by atoms with van der Waals surface area (Å²) in [7, 11) is 0. The summed E-state index contributed by atoms with van der Waals surface area (Å²) in [4.78, 5) is 12.0. The number of halogens is 3. The Morgan fingerprint density at radius 3 is 2.81 bits per heavy atom. The third kappa shape index (κ3) is 4.71. The van der Waals surface area contributed by atoms with E-state index in [1.165, 1.54) is 6.20 Å². The van der Waals surface area contributed by atoms with Crippen LogP contribution in [0.25, 0.3) is 0 Å². The Balaban J connectivity index is 1.90. The highest BCUT2D eigenvalue weighted by molar-refractivity contribution is 5.94. The molecule has 2 rings (SSSR count). The zero-order valence-corrected chi connectivity index (χ0v) is 11.3. The highest BCUT2D eigenvalue weighted by Crippen LogP contribution is 2.20. The zero-order chi connectivity index (χ0) is 15.5. The van der Waals surface area contributed by atoms with Crippen LogP contribution in [0.15, 0.2) is 12.4 Å². The van der Waals surface area contributed by atoms with E-state index in [9.17, 15) is 18.0 Å². The minimum Gasteiger partial charge on any atom is -0.381 e. The van der Waals surface area contributed by atoms with Crippen molar-refractivity contribution in [3.63, 3.8) is 0 Å². The molecule has 0 spiro atoms. The van der Waals surface area contributed by atoms with Crippen LogP contribution >= 0.6 is 0 Å². The SMILES string of the molecule is NC(C(=O)Nc1cnn(CC(F)(F)F)c1)C1CCOCC1. The minimum absolute atomic E-state index is 0.0176. The minimum atomic E-state index is -4.36. The van der Waals surface area contributed by atoms with Crippen LogP contribution in [-0.2, 0) is 16.1 Å². The Bertz CT molecular complexity index is 483. The van der Waals surface area contributed by atoms with Crippen LogP contribution in [0.3, 0.4) is 0 Å². The van der Waals surface area contributed by atoms with Crippen molar-refractivity contribution in [2.45, 2.75) is 31.6 Å². The Morgan fingerprint density at radius 2 is 2.19 bits per heavy atom. The lowest BCUT2D eigenvalue weighted by Crippen LogP contribution is -2.43. The topological polar surface area (TPSA) is 82.2 Å². The summed E-state index contributed by atoms with van der Waals surface area (Å²) in [5.74, 6) is -0.405. The molecule has 0 radical (unpaired) electrons. The van der Waals surface area contributed by atoms with Crippen molar-refractivity contribution in [2.75, 3.05) is 18.5 Å². The molecule has 2 heterocycles. The number of ether oxygens (including phenoxy) is 1. The molecule has 0 aromatic carbocycles. The molecular weight excluding hydrogens is 289 g/mol. The van der Waals surface area contributed by atoms with Gasteiger partial charge in [-0.05, 0) is 18.8 Å². The van der Waals surface area contributed by atoms with E-state index >= 15 is 0 Å². The van der Waals surface area contributed by atoms with Gasteiger partial charge >= 0.3 is 6.18 Å². The number of carbonyl (C=O) groups is 1. The van der Waals surface area contributed by atoms with Crippen LogP contribution in [0.1, 0.15) is 12.8 Å². The number of nitrogens with zero attached hydrogens (tertiary/aromatic N) is 2. The third-order valence-corrected chi connectivity index (χ3v) is 3.32. The van der Waals surface area contributed by atoms with Crippen molar-refractivity contribution in [2.24, 2.45) is 11.7 Å². The van der Waals surface area contributed by atoms with E-state index in [0.717, 1.165) is 10.9 Å². The molecule has 1 aromatic rings. The predicted molar refractivity (Wildman–Crippen MR) is 68.4 cm³/mol. The van der Waals surface area contributed by atoms with E-state index in [0.29, 0.717) is 26.1 Å². The predicted octanol–water partition coefficient (Wildman–Crippen LogP) is 1.14. The van der Waals surface area contributed by atoms with Crippen LogP contribution < -0.4 is 11.1 Å². The van der Waals surface area contributed by atoms with E-state index < -0.39 is 24.7 Å². The molecule has 0 saturated carbocycles. The lowest BCUT2D eigenvalue weighted by atomic mass is 9.92. The van der Waals surface area contributed by atoms with Crippen molar-refractivity contribution in [1.82, 2.24) is 9.78 Å². The van der Waals surface area contributed by atoms with E-state index in [2.05, 4.69) is 10.4 Å². The first-order valence-corrected chi connectivity index (χ1v) is 6.58. The molecule has 6 nitrogen and oxygen atoms in total. The fourth-order valence-electron chi connectivity index (χ4n) is 2.21. The summed E-state index contributed by atoms with van der Waals surface area (Å²) in [5.41, 5.74) is 6.07. The number of nitrogens with two attached hydrogens (primary N) is 1. The van der Waals surface area contributed by atoms with Crippen LogP contribution in [0.2, 0.25) is 0 Å². The molecule has 1 saturated heterocycles. The molecule has 1 unspecified atom stereocenters. The largest absolute Gasteiger partial charge is 0.408 e. The van der Waals surface area contributed by atoms with E-state index in [4.69, 9.17) is 10.5 Å². The number of carbonyl (C=O) groups excluding carboxylic acids is 1. The fraction of sp³-hybridized carbons (Fsp3) is 0.667. The molecule has 3 N–H and O–H groups in total. The van der Waals surface area contributed by atoms with Crippen molar-refractivity contribution in [3.8, 4) is 0 Å². The van der Waals surface area contributed by atoms with Gasteiger partial charge in [-0.2, -0.15) is 18.3 Å². The average Bonchev–Trinajstić information content (AvgIpc) is 2.83. The lowest BCUT2D eigenvalue weighted by molar-refractivity contribution is -0.142. The summed E-state index contributed by atoms with van der Waals surface area (Å²) < 4.78 is 42.5. The molecule has 118 valence electrons. The lowest BCUT2D eigenvalue weighted by Gasteiger charge is -2.26. The van der Waals surface area contributed by atoms with Crippen LogP contribution in [0.4, 0.5) is 18.9 Å². The van der Waals surface area contributed by atoms with Gasteiger partial charge in [0.25, 0.3) is 0 Å². The maximum Gasteiger partial charge on any atom is 0.408 e. The highest BCUT2D eigenvalue weighted by Gasteiger charge is 2.29. The van der Waals surface area contributed by atoms with Crippen molar-refractivity contribution in [1.29, 1.82) is 0 Å². The number of hydrogen-bond acceptors (Lipinski definition) is 4. The average molecular weight is 306 g/mol. The number of rotatable bonds is 4. The second kappa shape index (κ2) is 6.44. The summed E-state index contributed by atoms with van der Waals surface area (Å²) in [6, 6.07) is -0.708. The molecule has 1 aliphatic rings. The quantitative estimate of drug-likeness (QED) is 0.874. The van der Waals surface area contributed by atoms with Gasteiger partial charge in [-0.15, -0.1) is 0 Å². The van der Waals surface area contributed by atoms with Crippen molar-refractivity contribution >= 4 is 11.6 Å². The molecule has 1 aromatic heterocycles. The van der Waals surface area contributed by atoms with Gasteiger partial charge in [-0.25, -0.2) is 0 Å². The summed E-state index contributed by atoms with van der Waals surface area (Å²) >= 11 is 0. The maximum atomic E-state index is 12.2.